The largest absolute Gasteiger partial charge is 0.394 e. The topological polar surface area (TPSA) is 78.9 Å². The summed E-state index contributed by atoms with van der Waals surface area (Å²) in [6, 6.07) is 0. The highest BCUT2D eigenvalue weighted by molar-refractivity contribution is 5.98. The van der Waals surface area contributed by atoms with E-state index in [1.54, 1.807) is 46.2 Å². The van der Waals surface area contributed by atoms with E-state index < -0.39 is 0 Å². The molecule has 1 atom stereocenters. The standard InChI is InChI=1S/C7H12N2O2.C4H10O2/c1-6(4-9(2)3)7(11)8-5-10;1-4(3-5)6-2/h4-5H,1-3H3,(H,8,10,11);4-5H,3H2,1-2H3/b6-4-;. The lowest BCUT2D eigenvalue weighted by atomic mass is 10.3. The Bertz CT molecular complexity index is 248. The highest BCUT2D eigenvalue weighted by Gasteiger charge is 2.01. The fraction of sp³-hybridized carbons (Fsp3) is 0.636. The van der Waals surface area contributed by atoms with Crippen LogP contribution in [0.1, 0.15) is 13.8 Å². The van der Waals surface area contributed by atoms with Gasteiger partial charge in [0.2, 0.25) is 6.41 Å². The zero-order valence-electron chi connectivity index (χ0n) is 11.1. The van der Waals surface area contributed by atoms with Crippen LogP contribution in [0.3, 0.4) is 0 Å². The lowest BCUT2D eigenvalue weighted by molar-refractivity contribution is -0.122. The molecule has 0 aliphatic carbocycles. The fourth-order valence-corrected chi connectivity index (χ4v) is 0.688. The van der Waals surface area contributed by atoms with Crippen molar-refractivity contribution in [3.05, 3.63) is 11.8 Å². The van der Waals surface area contributed by atoms with Crippen molar-refractivity contribution < 1.29 is 19.4 Å². The second kappa shape index (κ2) is 11.1. The maximum Gasteiger partial charge on any atom is 0.254 e. The van der Waals surface area contributed by atoms with Gasteiger partial charge in [-0.15, -0.1) is 0 Å². The van der Waals surface area contributed by atoms with E-state index in [1.807, 2.05) is 5.32 Å². The third-order valence-corrected chi connectivity index (χ3v) is 1.66. The number of hydrogen-bond acceptors (Lipinski definition) is 5. The van der Waals surface area contributed by atoms with E-state index in [1.165, 1.54) is 0 Å². The summed E-state index contributed by atoms with van der Waals surface area (Å²) in [4.78, 5) is 22.4. The minimum Gasteiger partial charge on any atom is -0.394 e. The monoisotopic (exact) mass is 246 g/mol. The van der Waals surface area contributed by atoms with Gasteiger partial charge in [0.05, 0.1) is 12.7 Å². The molecule has 0 aromatic carbocycles. The van der Waals surface area contributed by atoms with Crippen LogP contribution in [-0.4, -0.2) is 56.2 Å². The van der Waals surface area contributed by atoms with Crippen LogP contribution in [-0.2, 0) is 14.3 Å². The van der Waals surface area contributed by atoms with Crippen molar-refractivity contribution >= 4 is 12.3 Å². The van der Waals surface area contributed by atoms with Gasteiger partial charge in [0.1, 0.15) is 0 Å². The van der Waals surface area contributed by atoms with Crippen LogP contribution >= 0.6 is 0 Å². The number of carbonyl (C=O) groups is 2. The van der Waals surface area contributed by atoms with E-state index in [4.69, 9.17) is 5.11 Å². The summed E-state index contributed by atoms with van der Waals surface area (Å²) in [5.74, 6) is -0.367. The smallest absolute Gasteiger partial charge is 0.254 e. The molecule has 0 spiro atoms. The molecule has 0 radical (unpaired) electrons. The molecule has 0 bridgehead atoms. The number of methoxy groups -OCH3 is 1. The summed E-state index contributed by atoms with van der Waals surface area (Å²) in [7, 11) is 5.18. The van der Waals surface area contributed by atoms with E-state index in [0.717, 1.165) is 0 Å². The number of imide groups is 1. The zero-order chi connectivity index (χ0) is 13.8. The van der Waals surface area contributed by atoms with Crippen LogP contribution in [0.2, 0.25) is 0 Å². The number of rotatable bonds is 5. The molecule has 0 fully saturated rings. The lowest BCUT2D eigenvalue weighted by Gasteiger charge is -2.05. The Morgan fingerprint density at radius 2 is 2.06 bits per heavy atom. The van der Waals surface area contributed by atoms with Crippen LogP contribution in [0.15, 0.2) is 11.8 Å². The van der Waals surface area contributed by atoms with Gasteiger partial charge in [-0.3, -0.25) is 14.9 Å². The molecule has 100 valence electrons. The molecule has 0 saturated heterocycles. The zero-order valence-corrected chi connectivity index (χ0v) is 11.1. The van der Waals surface area contributed by atoms with Gasteiger partial charge in [-0.2, -0.15) is 0 Å². The van der Waals surface area contributed by atoms with Gasteiger partial charge in [0.25, 0.3) is 5.91 Å². The van der Waals surface area contributed by atoms with Gasteiger partial charge in [-0.1, -0.05) is 0 Å². The average molecular weight is 246 g/mol. The molecule has 0 aromatic rings. The SMILES string of the molecule is C/C(=C/N(C)C)C(=O)NC=O.COC(C)CO. The number of carbonyl (C=O) groups excluding carboxylic acids is 2. The highest BCUT2D eigenvalue weighted by Crippen LogP contribution is 1.92. The normalized spacial score (nSPS) is 12.0. The van der Waals surface area contributed by atoms with Gasteiger partial charge >= 0.3 is 0 Å². The first-order valence-corrected chi connectivity index (χ1v) is 5.12. The first-order chi connectivity index (χ1) is 7.88. The minimum absolute atomic E-state index is 0.00926. The van der Waals surface area contributed by atoms with Gasteiger partial charge in [0.15, 0.2) is 0 Å². The number of aliphatic hydroxyl groups is 1. The van der Waals surface area contributed by atoms with Crippen LogP contribution in [0, 0.1) is 0 Å². The van der Waals surface area contributed by atoms with Crippen molar-refractivity contribution in [3.63, 3.8) is 0 Å². The van der Waals surface area contributed by atoms with Gasteiger partial charge in [0, 0.05) is 33.0 Å². The van der Waals surface area contributed by atoms with Crippen LogP contribution in [0.25, 0.3) is 0 Å². The maximum atomic E-state index is 10.8. The summed E-state index contributed by atoms with van der Waals surface area (Å²) in [6.07, 6.45) is 2.00. The number of nitrogens with one attached hydrogen (secondary N) is 1. The van der Waals surface area contributed by atoms with E-state index in [-0.39, 0.29) is 18.6 Å². The van der Waals surface area contributed by atoms with E-state index in [2.05, 4.69) is 4.74 Å². The average Bonchev–Trinajstić information content (AvgIpc) is 2.28. The Hall–Kier alpha value is -1.40. The molecule has 0 saturated carbocycles. The fourth-order valence-electron chi connectivity index (χ4n) is 0.688. The van der Waals surface area contributed by atoms with Crippen LogP contribution in [0.4, 0.5) is 0 Å². The van der Waals surface area contributed by atoms with E-state index in [0.29, 0.717) is 12.0 Å². The molecule has 0 aliphatic rings. The number of amides is 2. The molecule has 6 nitrogen and oxygen atoms in total. The molecule has 0 heterocycles. The molecule has 17 heavy (non-hydrogen) atoms. The van der Waals surface area contributed by atoms with Gasteiger partial charge < -0.3 is 14.7 Å². The van der Waals surface area contributed by atoms with E-state index in [9.17, 15) is 9.59 Å². The molecule has 0 rings (SSSR count). The number of nitrogens with zero attached hydrogens (tertiary/aromatic N) is 1. The van der Waals surface area contributed by atoms with Crippen molar-refractivity contribution in [1.82, 2.24) is 10.2 Å². The number of ether oxygens (including phenoxy) is 1. The minimum atomic E-state index is -0.367. The molecular formula is C11H22N2O4. The summed E-state index contributed by atoms with van der Waals surface area (Å²) in [5, 5.41) is 10.2. The molecular weight excluding hydrogens is 224 g/mol. The highest BCUT2D eigenvalue weighted by atomic mass is 16.5. The van der Waals surface area contributed by atoms with Crippen LogP contribution in [0.5, 0.6) is 0 Å². The molecule has 0 aliphatic heterocycles. The maximum absolute atomic E-state index is 10.8. The van der Waals surface area contributed by atoms with Crippen molar-refractivity contribution in [2.75, 3.05) is 27.8 Å². The Labute approximate surface area is 102 Å². The lowest BCUT2D eigenvalue weighted by Crippen LogP contribution is -2.23. The van der Waals surface area contributed by atoms with Crippen molar-refractivity contribution in [2.45, 2.75) is 20.0 Å². The van der Waals surface area contributed by atoms with Crippen LogP contribution < -0.4 is 5.32 Å². The molecule has 6 heteroatoms. The van der Waals surface area contributed by atoms with Crippen molar-refractivity contribution in [1.29, 1.82) is 0 Å². The summed E-state index contributed by atoms with van der Waals surface area (Å²) < 4.78 is 4.65. The molecule has 2 amide bonds. The first kappa shape index (κ1) is 18.0. The van der Waals surface area contributed by atoms with Crippen molar-refractivity contribution in [3.8, 4) is 0 Å². The molecule has 0 aromatic heterocycles. The second-order valence-electron chi connectivity index (χ2n) is 3.60. The summed E-state index contributed by atoms with van der Waals surface area (Å²) in [5.41, 5.74) is 0.502. The Morgan fingerprint density at radius 3 is 2.29 bits per heavy atom. The van der Waals surface area contributed by atoms with Crippen molar-refractivity contribution in [2.24, 2.45) is 0 Å². The number of aliphatic hydroxyl groups excluding tert-OH is 1. The van der Waals surface area contributed by atoms with Gasteiger partial charge in [-0.25, -0.2) is 0 Å². The van der Waals surface area contributed by atoms with Gasteiger partial charge in [-0.05, 0) is 13.8 Å². The second-order valence-corrected chi connectivity index (χ2v) is 3.60. The predicted octanol–water partition coefficient (Wildman–Crippen LogP) is -0.262. The third-order valence-electron chi connectivity index (χ3n) is 1.66. The quantitative estimate of drug-likeness (QED) is 0.516. The predicted molar refractivity (Wildman–Crippen MR) is 65.2 cm³/mol. The Kier molecular flexibility index (Phi) is 11.7. The molecule has 2 N–H and O–H groups in total. The summed E-state index contributed by atoms with van der Waals surface area (Å²) in [6.45, 7) is 3.55. The first-order valence-electron chi connectivity index (χ1n) is 5.12. The Balaban J connectivity index is 0. The summed E-state index contributed by atoms with van der Waals surface area (Å²) >= 11 is 0. The third kappa shape index (κ3) is 12.5. The number of hydrogen-bond donors (Lipinski definition) is 2. The van der Waals surface area contributed by atoms with E-state index >= 15 is 0 Å². The molecule has 1 unspecified atom stereocenters. The Morgan fingerprint density at radius 1 is 1.53 bits per heavy atom.